The number of amides is 1. The molecule has 2 saturated carbocycles. The predicted octanol–water partition coefficient (Wildman–Crippen LogP) is 2.43. The van der Waals surface area contributed by atoms with Crippen LogP contribution in [-0.2, 0) is 0 Å². The molecule has 1 heterocycles. The first-order chi connectivity index (χ1) is 9.29. The van der Waals surface area contributed by atoms with Crippen molar-refractivity contribution in [1.29, 1.82) is 0 Å². The van der Waals surface area contributed by atoms with Gasteiger partial charge in [-0.25, -0.2) is 0 Å². The summed E-state index contributed by atoms with van der Waals surface area (Å²) in [5.74, 6) is 1.46. The summed E-state index contributed by atoms with van der Waals surface area (Å²) in [6.07, 6.45) is 8.46. The van der Waals surface area contributed by atoms with E-state index < -0.39 is 0 Å². The van der Waals surface area contributed by atoms with E-state index in [1.165, 1.54) is 25.7 Å². The minimum Gasteiger partial charge on any atom is -0.385 e. The molecule has 1 amide bonds. The van der Waals surface area contributed by atoms with E-state index in [0.29, 0.717) is 11.6 Å². The number of carbonyl (C=O) groups excluding carboxylic acids is 1. The van der Waals surface area contributed by atoms with Gasteiger partial charge in [-0.2, -0.15) is 0 Å². The molecule has 102 valence electrons. The maximum absolute atomic E-state index is 12.4. The van der Waals surface area contributed by atoms with Gasteiger partial charge in [0.1, 0.15) is 0 Å². The molecule has 2 N–H and O–H groups in total. The molecule has 3 rings (SSSR count). The predicted molar refractivity (Wildman–Crippen MR) is 75.1 cm³/mol. The van der Waals surface area contributed by atoms with Gasteiger partial charge in [0.25, 0.3) is 5.91 Å². The molecular weight excluding hydrogens is 238 g/mol. The topological polar surface area (TPSA) is 54.0 Å². The van der Waals surface area contributed by atoms with E-state index in [9.17, 15) is 4.79 Å². The van der Waals surface area contributed by atoms with Crippen molar-refractivity contribution in [2.24, 2.45) is 11.8 Å². The van der Waals surface area contributed by atoms with Crippen molar-refractivity contribution < 1.29 is 4.79 Å². The summed E-state index contributed by atoms with van der Waals surface area (Å²) >= 11 is 0. The van der Waals surface area contributed by atoms with Crippen LogP contribution in [0.2, 0.25) is 0 Å². The molecule has 2 fully saturated rings. The molecule has 0 saturated heterocycles. The van der Waals surface area contributed by atoms with E-state index in [1.54, 1.807) is 12.4 Å². The minimum atomic E-state index is 0.0212. The highest BCUT2D eigenvalue weighted by Crippen LogP contribution is 2.44. The lowest BCUT2D eigenvalue weighted by molar-refractivity contribution is 0.0927. The number of nitrogens with zero attached hydrogens (tertiary/aromatic N) is 1. The van der Waals surface area contributed by atoms with E-state index in [4.69, 9.17) is 0 Å². The van der Waals surface area contributed by atoms with Gasteiger partial charge in [-0.1, -0.05) is 0 Å². The Balaban J connectivity index is 1.72. The van der Waals surface area contributed by atoms with Crippen molar-refractivity contribution in [3.63, 3.8) is 0 Å². The third-order valence-electron chi connectivity index (χ3n) is 3.99. The quantitative estimate of drug-likeness (QED) is 0.825. The van der Waals surface area contributed by atoms with Crippen LogP contribution in [0, 0.1) is 11.8 Å². The van der Waals surface area contributed by atoms with Gasteiger partial charge >= 0.3 is 0 Å². The fourth-order valence-electron chi connectivity index (χ4n) is 2.68. The lowest BCUT2D eigenvalue weighted by Gasteiger charge is -2.18. The number of anilines is 1. The Morgan fingerprint density at radius 3 is 2.63 bits per heavy atom. The van der Waals surface area contributed by atoms with Crippen LogP contribution < -0.4 is 10.6 Å². The maximum atomic E-state index is 12.4. The van der Waals surface area contributed by atoms with Gasteiger partial charge in [0.15, 0.2) is 0 Å². The molecule has 1 aromatic heterocycles. The second-order valence-electron chi connectivity index (χ2n) is 5.63. The lowest BCUT2D eigenvalue weighted by atomic mass is 10.1. The van der Waals surface area contributed by atoms with Crippen molar-refractivity contribution in [2.75, 3.05) is 11.9 Å². The van der Waals surface area contributed by atoms with Crippen LogP contribution in [0.3, 0.4) is 0 Å². The molecule has 0 bridgehead atoms. The van der Waals surface area contributed by atoms with Gasteiger partial charge < -0.3 is 10.6 Å². The summed E-state index contributed by atoms with van der Waals surface area (Å²) < 4.78 is 0. The first-order valence-corrected chi connectivity index (χ1v) is 7.28. The molecule has 4 nitrogen and oxygen atoms in total. The zero-order valence-corrected chi connectivity index (χ0v) is 11.4. The molecule has 2 aliphatic rings. The molecule has 0 unspecified atom stereocenters. The Morgan fingerprint density at radius 1 is 1.37 bits per heavy atom. The number of carbonyl (C=O) groups is 1. The Kier molecular flexibility index (Phi) is 3.40. The first kappa shape index (κ1) is 12.5. The van der Waals surface area contributed by atoms with Crippen LogP contribution in [0.4, 0.5) is 5.69 Å². The number of hydrogen-bond acceptors (Lipinski definition) is 3. The van der Waals surface area contributed by atoms with E-state index in [2.05, 4.69) is 15.6 Å². The largest absolute Gasteiger partial charge is 0.385 e. The first-order valence-electron chi connectivity index (χ1n) is 7.28. The number of nitrogens with one attached hydrogen (secondary N) is 2. The zero-order valence-electron chi connectivity index (χ0n) is 11.4. The summed E-state index contributed by atoms with van der Waals surface area (Å²) in [6, 6.07) is 2.25. The number of rotatable bonds is 6. The third kappa shape index (κ3) is 2.88. The maximum Gasteiger partial charge on any atom is 0.255 e. The van der Waals surface area contributed by atoms with Crippen LogP contribution in [0.25, 0.3) is 0 Å². The van der Waals surface area contributed by atoms with Crippen molar-refractivity contribution >= 4 is 11.6 Å². The molecule has 19 heavy (non-hydrogen) atoms. The number of hydrogen-bond donors (Lipinski definition) is 2. The smallest absolute Gasteiger partial charge is 0.255 e. The average molecular weight is 259 g/mol. The molecule has 0 atom stereocenters. The molecular formula is C15H21N3O. The Hall–Kier alpha value is -1.58. The average Bonchev–Trinajstić information content (AvgIpc) is 3.30. The number of pyridine rings is 1. The summed E-state index contributed by atoms with van der Waals surface area (Å²) in [4.78, 5) is 16.5. The van der Waals surface area contributed by atoms with E-state index in [-0.39, 0.29) is 5.91 Å². The SMILES string of the molecule is CCNc1ccncc1C(=O)NC(C1CC1)C1CC1. The van der Waals surface area contributed by atoms with E-state index in [0.717, 1.165) is 24.1 Å². The molecule has 1 aromatic rings. The van der Waals surface area contributed by atoms with Crippen molar-refractivity contribution in [3.8, 4) is 0 Å². The summed E-state index contributed by atoms with van der Waals surface area (Å²) in [7, 11) is 0. The van der Waals surface area contributed by atoms with Crippen LogP contribution in [0.1, 0.15) is 43.0 Å². The second kappa shape index (κ2) is 5.19. The van der Waals surface area contributed by atoms with Gasteiger partial charge in [-0.15, -0.1) is 0 Å². The van der Waals surface area contributed by atoms with E-state index in [1.807, 2.05) is 13.0 Å². The van der Waals surface area contributed by atoms with Crippen molar-refractivity contribution in [3.05, 3.63) is 24.0 Å². The van der Waals surface area contributed by atoms with Crippen molar-refractivity contribution in [2.45, 2.75) is 38.6 Å². The van der Waals surface area contributed by atoms with Crippen LogP contribution in [0.15, 0.2) is 18.5 Å². The normalized spacial score (nSPS) is 18.4. The second-order valence-corrected chi connectivity index (χ2v) is 5.63. The Labute approximate surface area is 114 Å². The van der Waals surface area contributed by atoms with Crippen molar-refractivity contribution in [1.82, 2.24) is 10.3 Å². The standard InChI is InChI=1S/C15H21N3O/c1-2-17-13-7-8-16-9-12(13)15(19)18-14(10-3-4-10)11-5-6-11/h7-11,14H,2-6H2,1H3,(H,16,17)(H,18,19). The summed E-state index contributed by atoms with van der Waals surface area (Å²) in [5, 5.41) is 6.46. The Morgan fingerprint density at radius 2 is 2.05 bits per heavy atom. The van der Waals surface area contributed by atoms with Gasteiger partial charge in [0.05, 0.1) is 11.3 Å². The fourth-order valence-corrected chi connectivity index (χ4v) is 2.68. The highest BCUT2D eigenvalue weighted by Gasteiger charge is 2.42. The molecule has 2 aliphatic carbocycles. The van der Waals surface area contributed by atoms with Gasteiger partial charge in [-0.3, -0.25) is 9.78 Å². The summed E-state index contributed by atoms with van der Waals surface area (Å²) in [5.41, 5.74) is 1.54. The highest BCUT2D eigenvalue weighted by atomic mass is 16.1. The van der Waals surface area contributed by atoms with Gasteiger partial charge in [0.2, 0.25) is 0 Å². The summed E-state index contributed by atoms with van der Waals surface area (Å²) in [6.45, 7) is 2.83. The third-order valence-corrected chi connectivity index (χ3v) is 3.99. The fraction of sp³-hybridized carbons (Fsp3) is 0.600. The monoisotopic (exact) mass is 259 g/mol. The number of aromatic nitrogens is 1. The molecule has 0 aliphatic heterocycles. The minimum absolute atomic E-state index is 0.0212. The van der Waals surface area contributed by atoms with Crippen LogP contribution in [0.5, 0.6) is 0 Å². The van der Waals surface area contributed by atoms with E-state index >= 15 is 0 Å². The van der Waals surface area contributed by atoms with Crippen LogP contribution >= 0.6 is 0 Å². The molecule has 0 aromatic carbocycles. The van der Waals surface area contributed by atoms with Crippen LogP contribution in [-0.4, -0.2) is 23.5 Å². The lowest BCUT2D eigenvalue weighted by Crippen LogP contribution is -2.38. The van der Waals surface area contributed by atoms with Gasteiger partial charge in [0, 0.05) is 25.0 Å². The van der Waals surface area contributed by atoms with Gasteiger partial charge in [-0.05, 0) is 50.5 Å². The Bertz CT molecular complexity index is 454. The molecule has 4 heteroatoms. The zero-order chi connectivity index (χ0) is 13.2. The highest BCUT2D eigenvalue weighted by molar-refractivity contribution is 5.99. The molecule has 0 spiro atoms. The molecule has 0 radical (unpaired) electrons.